The summed E-state index contributed by atoms with van der Waals surface area (Å²) in [7, 11) is -0.673. The van der Waals surface area contributed by atoms with Gasteiger partial charge in [-0.15, -0.1) is 0 Å². The lowest BCUT2D eigenvalue weighted by atomic mass is 9.95. The van der Waals surface area contributed by atoms with E-state index in [4.69, 9.17) is 0 Å². The summed E-state index contributed by atoms with van der Waals surface area (Å²) in [6.45, 7) is 7.38. The van der Waals surface area contributed by atoms with Gasteiger partial charge in [0.1, 0.15) is 0 Å². The minimum absolute atomic E-state index is 0.0618. The minimum Gasteiger partial charge on any atom is -0.286 e. The minimum atomic E-state index is -3.62. The fourth-order valence-electron chi connectivity index (χ4n) is 3.24. The molecule has 2 aromatic heterocycles. The van der Waals surface area contributed by atoms with Gasteiger partial charge in [-0.3, -0.25) is 14.3 Å². The average molecular weight is 429 g/mol. The largest absolute Gasteiger partial charge is 0.286 e. The van der Waals surface area contributed by atoms with Crippen LogP contribution in [0.3, 0.4) is 0 Å². The highest BCUT2D eigenvalue weighted by molar-refractivity contribution is 7.87. The van der Waals surface area contributed by atoms with E-state index in [0.717, 1.165) is 31.9 Å². The average Bonchev–Trinajstić information content (AvgIpc) is 3.05. The molecule has 0 aliphatic carbocycles. The third-order valence-corrected chi connectivity index (χ3v) is 6.60. The number of pyridine rings is 1. The second-order valence-corrected chi connectivity index (χ2v) is 10.5. The van der Waals surface area contributed by atoms with Gasteiger partial charge < -0.3 is 0 Å². The highest BCUT2D eigenvalue weighted by atomic mass is 32.2. The van der Waals surface area contributed by atoms with E-state index in [1.54, 1.807) is 30.1 Å². The van der Waals surface area contributed by atoms with Crippen LogP contribution in [0, 0.1) is 5.41 Å². The number of fused-ring (bicyclic) bond motifs is 1. The van der Waals surface area contributed by atoms with E-state index in [1.807, 2.05) is 51.1 Å². The SMILES string of the molecule is CC(NS(=O)(=O)N(C)C)c1cn(C(=O)C(C)(C)C)c2cc(-c3ccncc3)ccc12. The van der Waals surface area contributed by atoms with Crippen LogP contribution in [-0.2, 0) is 10.2 Å². The second kappa shape index (κ2) is 7.94. The number of nitrogens with zero attached hydrogens (tertiary/aromatic N) is 3. The van der Waals surface area contributed by atoms with E-state index in [0.29, 0.717) is 0 Å². The van der Waals surface area contributed by atoms with E-state index in [2.05, 4.69) is 9.71 Å². The summed E-state index contributed by atoms with van der Waals surface area (Å²) < 4.78 is 30.1. The molecule has 0 radical (unpaired) electrons. The van der Waals surface area contributed by atoms with Crippen LogP contribution < -0.4 is 4.72 Å². The molecule has 0 aliphatic rings. The van der Waals surface area contributed by atoms with Crippen LogP contribution in [0.25, 0.3) is 22.0 Å². The molecular weight excluding hydrogens is 400 g/mol. The van der Waals surface area contributed by atoms with Crippen molar-refractivity contribution in [3.63, 3.8) is 0 Å². The Bertz CT molecular complexity index is 1180. The first kappa shape index (κ1) is 22.1. The Morgan fingerprint density at radius 1 is 1.10 bits per heavy atom. The summed E-state index contributed by atoms with van der Waals surface area (Å²) in [6, 6.07) is 9.18. The Kier molecular flexibility index (Phi) is 5.86. The maximum absolute atomic E-state index is 13.2. The summed E-state index contributed by atoms with van der Waals surface area (Å²) in [4.78, 5) is 17.2. The number of carbonyl (C=O) groups is 1. The van der Waals surface area contributed by atoms with Gasteiger partial charge in [-0.05, 0) is 41.8 Å². The molecule has 1 unspecified atom stereocenters. The van der Waals surface area contributed by atoms with Crippen molar-refractivity contribution in [2.45, 2.75) is 33.7 Å². The van der Waals surface area contributed by atoms with Crippen LogP contribution in [0.15, 0.2) is 48.9 Å². The standard InChI is InChI=1S/C22H28N4O3S/c1-15(24-30(28,29)25(5)6)19-14-26(21(27)22(2,3)4)20-13-17(7-8-18(19)20)16-9-11-23-12-10-16/h7-15,24H,1-6H3. The molecule has 0 aliphatic heterocycles. The molecule has 0 saturated carbocycles. The molecule has 2 heterocycles. The van der Waals surface area contributed by atoms with Crippen molar-refractivity contribution in [1.29, 1.82) is 0 Å². The predicted octanol–water partition coefficient (Wildman–Crippen LogP) is 3.85. The van der Waals surface area contributed by atoms with E-state index < -0.39 is 21.7 Å². The zero-order chi connectivity index (χ0) is 22.3. The van der Waals surface area contributed by atoms with Gasteiger partial charge in [0.15, 0.2) is 0 Å². The normalized spacial score (nSPS) is 13.7. The summed E-state index contributed by atoms with van der Waals surface area (Å²) in [5.74, 6) is -0.0618. The Morgan fingerprint density at radius 3 is 2.30 bits per heavy atom. The lowest BCUT2D eigenvalue weighted by Gasteiger charge is -2.18. The third-order valence-electron chi connectivity index (χ3n) is 4.98. The zero-order valence-corrected chi connectivity index (χ0v) is 19.0. The lowest BCUT2D eigenvalue weighted by Crippen LogP contribution is -2.37. The van der Waals surface area contributed by atoms with Gasteiger partial charge >= 0.3 is 0 Å². The van der Waals surface area contributed by atoms with Crippen molar-refractivity contribution in [3.8, 4) is 11.1 Å². The molecule has 7 nitrogen and oxygen atoms in total. The van der Waals surface area contributed by atoms with E-state index >= 15 is 0 Å². The van der Waals surface area contributed by atoms with Crippen LogP contribution in [0.1, 0.15) is 44.1 Å². The fraction of sp³-hybridized carbons (Fsp3) is 0.364. The van der Waals surface area contributed by atoms with Crippen LogP contribution in [0.4, 0.5) is 0 Å². The molecule has 30 heavy (non-hydrogen) atoms. The highest BCUT2D eigenvalue weighted by Crippen LogP contribution is 2.33. The van der Waals surface area contributed by atoms with E-state index in [1.165, 1.54) is 14.1 Å². The Balaban J connectivity index is 2.18. The van der Waals surface area contributed by atoms with Crippen molar-refractivity contribution in [1.82, 2.24) is 18.6 Å². The maximum atomic E-state index is 13.2. The van der Waals surface area contributed by atoms with Crippen molar-refractivity contribution in [2.75, 3.05) is 14.1 Å². The molecule has 3 aromatic rings. The molecule has 1 aromatic carbocycles. The van der Waals surface area contributed by atoms with Crippen molar-refractivity contribution in [2.24, 2.45) is 5.41 Å². The smallest absolute Gasteiger partial charge is 0.279 e. The first-order chi connectivity index (χ1) is 13.9. The maximum Gasteiger partial charge on any atom is 0.279 e. The van der Waals surface area contributed by atoms with Gasteiger partial charge in [0.05, 0.1) is 5.52 Å². The van der Waals surface area contributed by atoms with Crippen molar-refractivity contribution in [3.05, 3.63) is 54.5 Å². The Hall–Kier alpha value is -2.55. The molecule has 0 amide bonds. The van der Waals surface area contributed by atoms with E-state index in [9.17, 15) is 13.2 Å². The lowest BCUT2D eigenvalue weighted by molar-refractivity contribution is 0.0772. The Labute approximate surface area is 177 Å². The summed E-state index contributed by atoms with van der Waals surface area (Å²) in [5, 5.41) is 0.833. The fourth-order valence-corrected chi connectivity index (χ4v) is 4.03. The van der Waals surface area contributed by atoms with Gasteiger partial charge in [0.2, 0.25) is 5.91 Å². The summed E-state index contributed by atoms with van der Waals surface area (Å²) in [6.07, 6.45) is 5.20. The number of nitrogens with one attached hydrogen (secondary N) is 1. The first-order valence-electron chi connectivity index (χ1n) is 9.72. The monoisotopic (exact) mass is 428 g/mol. The number of aromatic nitrogens is 2. The number of benzene rings is 1. The number of rotatable bonds is 5. The zero-order valence-electron chi connectivity index (χ0n) is 18.2. The molecule has 8 heteroatoms. The quantitative estimate of drug-likeness (QED) is 0.669. The van der Waals surface area contributed by atoms with Crippen LogP contribution >= 0.6 is 0 Å². The topological polar surface area (TPSA) is 84.3 Å². The second-order valence-electron chi connectivity index (χ2n) is 8.60. The Morgan fingerprint density at radius 2 is 1.73 bits per heavy atom. The van der Waals surface area contributed by atoms with Crippen molar-refractivity contribution < 1.29 is 13.2 Å². The molecule has 0 spiro atoms. The molecule has 0 bridgehead atoms. The van der Waals surface area contributed by atoms with Crippen molar-refractivity contribution >= 4 is 27.0 Å². The molecule has 0 fully saturated rings. The van der Waals surface area contributed by atoms with Gasteiger partial charge in [0.25, 0.3) is 10.2 Å². The third kappa shape index (κ3) is 4.30. The number of carbonyl (C=O) groups excluding carboxylic acids is 1. The number of hydrogen-bond acceptors (Lipinski definition) is 4. The van der Waals surface area contributed by atoms with Gasteiger partial charge in [0, 0.05) is 49.5 Å². The molecule has 3 rings (SSSR count). The molecule has 1 N–H and O–H groups in total. The molecule has 0 saturated heterocycles. The van der Waals surface area contributed by atoms with Crippen LogP contribution in [0.2, 0.25) is 0 Å². The molecule has 160 valence electrons. The highest BCUT2D eigenvalue weighted by Gasteiger charge is 2.28. The van der Waals surface area contributed by atoms with Crippen LogP contribution in [0.5, 0.6) is 0 Å². The summed E-state index contributed by atoms with van der Waals surface area (Å²) in [5.41, 5.74) is 2.84. The van der Waals surface area contributed by atoms with Gasteiger partial charge in [-0.25, -0.2) is 0 Å². The predicted molar refractivity (Wildman–Crippen MR) is 119 cm³/mol. The van der Waals surface area contributed by atoms with E-state index in [-0.39, 0.29) is 5.91 Å². The van der Waals surface area contributed by atoms with Crippen LogP contribution in [-0.4, -0.2) is 42.3 Å². The molecular formula is C22H28N4O3S. The first-order valence-corrected chi connectivity index (χ1v) is 11.2. The van der Waals surface area contributed by atoms with Gasteiger partial charge in [-0.2, -0.15) is 17.4 Å². The summed E-state index contributed by atoms with van der Waals surface area (Å²) >= 11 is 0. The molecule has 1 atom stereocenters. The number of hydrogen-bond donors (Lipinski definition) is 1. The van der Waals surface area contributed by atoms with Gasteiger partial charge in [-0.1, -0.05) is 32.9 Å².